The number of nitro benzene ring substituents is 1. The highest BCUT2D eigenvalue weighted by atomic mass is 19.1. The van der Waals surface area contributed by atoms with E-state index >= 15 is 0 Å². The van der Waals surface area contributed by atoms with Gasteiger partial charge in [-0.25, -0.2) is 0 Å². The van der Waals surface area contributed by atoms with Gasteiger partial charge >= 0.3 is 5.69 Å². The number of nitrogens with zero attached hydrogens (tertiary/aromatic N) is 1. The first-order chi connectivity index (χ1) is 7.00. The second kappa shape index (κ2) is 4.84. The van der Waals surface area contributed by atoms with E-state index < -0.39 is 16.4 Å². The zero-order valence-corrected chi connectivity index (χ0v) is 8.66. The maximum absolute atomic E-state index is 13.2. The summed E-state index contributed by atoms with van der Waals surface area (Å²) in [5.74, 6) is -0.789. The largest absolute Gasteiger partial charge is 0.310 e. The molecule has 0 bridgehead atoms. The Morgan fingerprint density at radius 2 is 2.20 bits per heavy atom. The molecule has 0 aromatic heterocycles. The summed E-state index contributed by atoms with van der Waals surface area (Å²) in [6.07, 6.45) is 0. The maximum Gasteiger partial charge on any atom is 0.304 e. The number of nitrogens with one attached hydrogen (secondary N) is 1. The van der Waals surface area contributed by atoms with Gasteiger partial charge in [0.05, 0.1) is 4.92 Å². The van der Waals surface area contributed by atoms with Crippen molar-refractivity contribution in [2.75, 3.05) is 0 Å². The van der Waals surface area contributed by atoms with Gasteiger partial charge in [0, 0.05) is 18.7 Å². The van der Waals surface area contributed by atoms with Gasteiger partial charge in [0.1, 0.15) is 0 Å². The zero-order valence-electron chi connectivity index (χ0n) is 8.66. The summed E-state index contributed by atoms with van der Waals surface area (Å²) in [5.41, 5.74) is 0.218. The van der Waals surface area contributed by atoms with E-state index in [-0.39, 0.29) is 0 Å². The quantitative estimate of drug-likeness (QED) is 0.615. The van der Waals surface area contributed by atoms with Gasteiger partial charge in [-0.1, -0.05) is 19.9 Å². The molecule has 1 aromatic rings. The van der Waals surface area contributed by atoms with E-state index in [1.165, 1.54) is 12.1 Å². The Hall–Kier alpha value is -1.49. The van der Waals surface area contributed by atoms with Crippen LogP contribution in [0, 0.1) is 15.9 Å². The minimum Gasteiger partial charge on any atom is -0.310 e. The predicted octanol–water partition coefficient (Wildman–Crippen LogP) is 2.23. The van der Waals surface area contributed by atoms with Crippen LogP contribution in [0.25, 0.3) is 0 Å². The van der Waals surface area contributed by atoms with Crippen molar-refractivity contribution in [3.05, 3.63) is 39.7 Å². The Kier molecular flexibility index (Phi) is 3.74. The lowest BCUT2D eigenvalue weighted by Gasteiger charge is -2.07. The van der Waals surface area contributed by atoms with Crippen molar-refractivity contribution in [2.45, 2.75) is 26.4 Å². The molecule has 0 radical (unpaired) electrons. The Morgan fingerprint density at radius 1 is 1.53 bits per heavy atom. The average Bonchev–Trinajstić information content (AvgIpc) is 2.14. The molecule has 82 valence electrons. The van der Waals surface area contributed by atoms with E-state index in [9.17, 15) is 14.5 Å². The molecule has 5 heteroatoms. The fourth-order valence-electron chi connectivity index (χ4n) is 1.13. The van der Waals surface area contributed by atoms with Crippen LogP contribution in [0.15, 0.2) is 18.2 Å². The van der Waals surface area contributed by atoms with Crippen molar-refractivity contribution < 1.29 is 9.31 Å². The number of nitro groups is 1. The highest BCUT2D eigenvalue weighted by Gasteiger charge is 2.13. The van der Waals surface area contributed by atoms with Crippen molar-refractivity contribution in [3.63, 3.8) is 0 Å². The molecule has 0 fully saturated rings. The van der Waals surface area contributed by atoms with Crippen LogP contribution in [0.3, 0.4) is 0 Å². The molecule has 0 heterocycles. The minimum absolute atomic E-state index is 0.295. The van der Waals surface area contributed by atoms with E-state index in [1.54, 1.807) is 6.07 Å². The number of hydrogen-bond donors (Lipinski definition) is 1. The Balaban J connectivity index is 2.78. The third-order valence-electron chi connectivity index (χ3n) is 1.92. The predicted molar refractivity (Wildman–Crippen MR) is 55.0 cm³/mol. The smallest absolute Gasteiger partial charge is 0.304 e. The lowest BCUT2D eigenvalue weighted by Crippen LogP contribution is -2.21. The van der Waals surface area contributed by atoms with Crippen molar-refractivity contribution in [3.8, 4) is 0 Å². The van der Waals surface area contributed by atoms with E-state index in [4.69, 9.17) is 0 Å². The summed E-state index contributed by atoms with van der Waals surface area (Å²) in [6, 6.07) is 4.22. The summed E-state index contributed by atoms with van der Waals surface area (Å²) in [5, 5.41) is 13.5. The van der Waals surface area contributed by atoms with E-state index in [0.717, 1.165) is 0 Å². The molecule has 0 amide bonds. The van der Waals surface area contributed by atoms with Crippen LogP contribution >= 0.6 is 0 Å². The lowest BCUT2D eigenvalue weighted by atomic mass is 10.2. The summed E-state index contributed by atoms with van der Waals surface area (Å²) in [4.78, 5) is 9.62. The molecule has 1 N–H and O–H groups in total. The summed E-state index contributed by atoms with van der Waals surface area (Å²) in [7, 11) is 0. The maximum atomic E-state index is 13.2. The summed E-state index contributed by atoms with van der Waals surface area (Å²) in [6.45, 7) is 4.45. The third-order valence-corrected chi connectivity index (χ3v) is 1.92. The van der Waals surface area contributed by atoms with Crippen LogP contribution in [0.4, 0.5) is 10.1 Å². The third kappa shape index (κ3) is 3.28. The van der Waals surface area contributed by atoms with Crippen LogP contribution in [-0.2, 0) is 6.54 Å². The first-order valence-electron chi connectivity index (χ1n) is 4.67. The molecule has 1 rings (SSSR count). The molecule has 0 saturated carbocycles. The molecule has 0 aliphatic rings. The second-order valence-corrected chi connectivity index (χ2v) is 3.58. The fourth-order valence-corrected chi connectivity index (χ4v) is 1.13. The standard InChI is InChI=1S/C10H13FN2O2/c1-7(2)12-6-8-3-4-10(13(14)15)9(11)5-8/h3-5,7,12H,6H2,1-2H3. The zero-order chi connectivity index (χ0) is 11.4. The molecular formula is C10H13FN2O2. The van der Waals surface area contributed by atoms with Crippen LogP contribution in [-0.4, -0.2) is 11.0 Å². The first kappa shape index (κ1) is 11.6. The molecular weight excluding hydrogens is 199 g/mol. The number of benzene rings is 1. The number of rotatable bonds is 4. The molecule has 4 nitrogen and oxygen atoms in total. The van der Waals surface area contributed by atoms with Gasteiger partial charge in [-0.05, 0) is 11.6 Å². The van der Waals surface area contributed by atoms with Crippen molar-refractivity contribution >= 4 is 5.69 Å². The van der Waals surface area contributed by atoms with E-state index in [0.29, 0.717) is 18.2 Å². The van der Waals surface area contributed by atoms with Crippen molar-refractivity contribution in [1.29, 1.82) is 0 Å². The molecule has 1 aromatic carbocycles. The number of hydrogen-bond acceptors (Lipinski definition) is 3. The van der Waals surface area contributed by atoms with Gasteiger partial charge in [-0.2, -0.15) is 4.39 Å². The number of halogens is 1. The van der Waals surface area contributed by atoms with E-state index in [1.807, 2.05) is 13.8 Å². The highest BCUT2D eigenvalue weighted by molar-refractivity contribution is 5.34. The molecule has 0 aliphatic heterocycles. The molecule has 0 saturated heterocycles. The molecule has 0 unspecified atom stereocenters. The van der Waals surface area contributed by atoms with E-state index in [2.05, 4.69) is 5.32 Å². The van der Waals surface area contributed by atoms with Gasteiger partial charge in [0.25, 0.3) is 0 Å². The fraction of sp³-hybridized carbons (Fsp3) is 0.400. The van der Waals surface area contributed by atoms with Gasteiger partial charge < -0.3 is 5.32 Å². The lowest BCUT2D eigenvalue weighted by molar-refractivity contribution is -0.387. The van der Waals surface area contributed by atoms with Gasteiger partial charge in [0.2, 0.25) is 5.82 Å². The Bertz CT molecular complexity index is 366. The Morgan fingerprint density at radius 3 is 2.67 bits per heavy atom. The van der Waals surface area contributed by atoms with Crippen LogP contribution in [0.2, 0.25) is 0 Å². The topological polar surface area (TPSA) is 55.2 Å². The summed E-state index contributed by atoms with van der Waals surface area (Å²) < 4.78 is 13.2. The minimum atomic E-state index is -0.789. The normalized spacial score (nSPS) is 10.7. The average molecular weight is 212 g/mol. The molecule has 0 atom stereocenters. The SMILES string of the molecule is CC(C)NCc1ccc([N+](=O)[O-])c(F)c1. The first-order valence-corrected chi connectivity index (χ1v) is 4.67. The molecule has 0 spiro atoms. The highest BCUT2D eigenvalue weighted by Crippen LogP contribution is 2.17. The van der Waals surface area contributed by atoms with Crippen LogP contribution in [0.5, 0.6) is 0 Å². The summed E-state index contributed by atoms with van der Waals surface area (Å²) >= 11 is 0. The molecule has 0 aliphatic carbocycles. The molecule has 15 heavy (non-hydrogen) atoms. The second-order valence-electron chi connectivity index (χ2n) is 3.58. The Labute approximate surface area is 87.3 Å². The van der Waals surface area contributed by atoms with Gasteiger partial charge in [-0.3, -0.25) is 10.1 Å². The van der Waals surface area contributed by atoms with Gasteiger partial charge in [0.15, 0.2) is 0 Å². The van der Waals surface area contributed by atoms with Crippen LogP contribution in [0.1, 0.15) is 19.4 Å². The van der Waals surface area contributed by atoms with Crippen molar-refractivity contribution in [2.24, 2.45) is 0 Å². The van der Waals surface area contributed by atoms with Crippen LogP contribution < -0.4 is 5.32 Å². The van der Waals surface area contributed by atoms with Crippen molar-refractivity contribution in [1.82, 2.24) is 5.32 Å². The monoisotopic (exact) mass is 212 g/mol. The van der Waals surface area contributed by atoms with Gasteiger partial charge in [-0.15, -0.1) is 0 Å².